The van der Waals surface area contributed by atoms with Crippen molar-refractivity contribution in [2.75, 3.05) is 26.2 Å². The van der Waals surface area contributed by atoms with Crippen LogP contribution < -0.4 is 5.43 Å². The third kappa shape index (κ3) is 8.51. The standard InChI is InChI=1S/C25H39N3O5/c1-24(2,3)33-22(29)26-28-15-10-20(11-16-28)9-12-25(31)13-17-27(18-14-25)23(30)32-19-21-7-5-4-6-8-21/h4-8,20,31H,9-19H2,1-3H3,(H,26,29). The van der Waals surface area contributed by atoms with Crippen LogP contribution in [-0.4, -0.2) is 64.6 Å². The number of piperidine rings is 2. The van der Waals surface area contributed by atoms with E-state index in [9.17, 15) is 14.7 Å². The fourth-order valence-electron chi connectivity index (χ4n) is 4.40. The van der Waals surface area contributed by atoms with Gasteiger partial charge in [0.05, 0.1) is 5.60 Å². The number of carbonyl (C=O) groups excluding carboxylic acids is 2. The highest BCUT2D eigenvalue weighted by Gasteiger charge is 2.35. The van der Waals surface area contributed by atoms with Gasteiger partial charge in [0.25, 0.3) is 0 Å². The first-order valence-corrected chi connectivity index (χ1v) is 12.0. The Morgan fingerprint density at radius 3 is 2.33 bits per heavy atom. The number of ether oxygens (including phenoxy) is 2. The van der Waals surface area contributed by atoms with Gasteiger partial charge in [-0.3, -0.25) is 5.43 Å². The smallest absolute Gasteiger partial charge is 0.422 e. The molecule has 0 unspecified atom stereocenters. The van der Waals surface area contributed by atoms with E-state index in [-0.39, 0.29) is 12.7 Å². The number of benzene rings is 1. The second-order valence-electron chi connectivity index (χ2n) is 10.3. The zero-order valence-electron chi connectivity index (χ0n) is 20.2. The van der Waals surface area contributed by atoms with Gasteiger partial charge in [0, 0.05) is 26.2 Å². The van der Waals surface area contributed by atoms with E-state index in [0.29, 0.717) is 31.8 Å². The number of hydrogen-bond donors (Lipinski definition) is 2. The van der Waals surface area contributed by atoms with Gasteiger partial charge in [0.2, 0.25) is 0 Å². The molecule has 2 aliphatic heterocycles. The minimum absolute atomic E-state index is 0.266. The number of aliphatic hydroxyl groups is 1. The third-order valence-corrected chi connectivity index (χ3v) is 6.44. The molecule has 2 fully saturated rings. The largest absolute Gasteiger partial charge is 0.445 e. The normalized spacial score (nSPS) is 19.7. The first-order valence-electron chi connectivity index (χ1n) is 12.0. The predicted octanol–water partition coefficient (Wildman–Crippen LogP) is 4.08. The number of amides is 2. The van der Waals surface area contributed by atoms with Crippen molar-refractivity contribution in [2.24, 2.45) is 5.92 Å². The first-order chi connectivity index (χ1) is 15.6. The highest BCUT2D eigenvalue weighted by atomic mass is 16.6. The summed E-state index contributed by atoms with van der Waals surface area (Å²) in [6.45, 7) is 8.41. The monoisotopic (exact) mass is 461 g/mol. The number of nitrogens with one attached hydrogen (secondary N) is 1. The minimum Gasteiger partial charge on any atom is -0.445 e. The summed E-state index contributed by atoms with van der Waals surface area (Å²) in [5.41, 5.74) is 2.56. The van der Waals surface area contributed by atoms with Crippen LogP contribution in [0.25, 0.3) is 0 Å². The van der Waals surface area contributed by atoms with Crippen molar-refractivity contribution in [1.29, 1.82) is 0 Å². The molecular formula is C25H39N3O5. The Balaban J connectivity index is 1.32. The molecule has 0 radical (unpaired) electrons. The molecule has 1 aromatic rings. The Hall–Kier alpha value is -2.32. The fraction of sp³-hybridized carbons (Fsp3) is 0.680. The van der Waals surface area contributed by atoms with Crippen molar-refractivity contribution >= 4 is 12.2 Å². The molecule has 2 saturated heterocycles. The lowest BCUT2D eigenvalue weighted by atomic mass is 9.82. The van der Waals surface area contributed by atoms with Gasteiger partial charge in [0.15, 0.2) is 0 Å². The van der Waals surface area contributed by atoms with Gasteiger partial charge in [-0.05, 0) is 70.8 Å². The van der Waals surface area contributed by atoms with Crippen LogP contribution in [0.15, 0.2) is 30.3 Å². The van der Waals surface area contributed by atoms with Crippen LogP contribution in [-0.2, 0) is 16.1 Å². The zero-order valence-corrected chi connectivity index (χ0v) is 20.2. The van der Waals surface area contributed by atoms with Gasteiger partial charge in [0.1, 0.15) is 12.2 Å². The van der Waals surface area contributed by atoms with Crippen molar-refractivity contribution < 1.29 is 24.2 Å². The number of nitrogens with zero attached hydrogens (tertiary/aromatic N) is 2. The van der Waals surface area contributed by atoms with E-state index in [0.717, 1.165) is 44.3 Å². The van der Waals surface area contributed by atoms with Gasteiger partial charge in [-0.2, -0.15) is 0 Å². The molecule has 0 aliphatic carbocycles. The molecule has 0 bridgehead atoms. The molecular weight excluding hydrogens is 422 g/mol. The van der Waals surface area contributed by atoms with Gasteiger partial charge in [-0.1, -0.05) is 30.3 Å². The molecule has 8 heteroatoms. The molecule has 2 heterocycles. The maximum Gasteiger partial charge on any atom is 0.422 e. The molecule has 8 nitrogen and oxygen atoms in total. The molecule has 2 aliphatic rings. The second-order valence-corrected chi connectivity index (χ2v) is 10.3. The summed E-state index contributed by atoms with van der Waals surface area (Å²) in [7, 11) is 0. The van der Waals surface area contributed by atoms with Crippen LogP contribution in [0.5, 0.6) is 0 Å². The molecule has 0 spiro atoms. The van der Waals surface area contributed by atoms with E-state index in [4.69, 9.17) is 9.47 Å². The quantitative estimate of drug-likeness (QED) is 0.663. The van der Waals surface area contributed by atoms with Crippen molar-refractivity contribution in [3.63, 3.8) is 0 Å². The van der Waals surface area contributed by atoms with Crippen molar-refractivity contribution in [2.45, 2.75) is 77.1 Å². The Kier molecular flexibility index (Phi) is 8.59. The zero-order chi connectivity index (χ0) is 23.9. The highest BCUT2D eigenvalue weighted by molar-refractivity contribution is 5.68. The number of carbonyl (C=O) groups is 2. The summed E-state index contributed by atoms with van der Waals surface area (Å²) in [4.78, 5) is 26.0. The molecule has 2 amide bonds. The number of hydrogen-bond acceptors (Lipinski definition) is 6. The lowest BCUT2D eigenvalue weighted by Crippen LogP contribution is -2.49. The highest BCUT2D eigenvalue weighted by Crippen LogP contribution is 2.31. The van der Waals surface area contributed by atoms with Crippen molar-refractivity contribution in [1.82, 2.24) is 15.3 Å². The maximum atomic E-state index is 12.4. The fourth-order valence-corrected chi connectivity index (χ4v) is 4.40. The van der Waals surface area contributed by atoms with Crippen LogP contribution in [0.4, 0.5) is 9.59 Å². The second kappa shape index (κ2) is 11.2. The summed E-state index contributed by atoms with van der Waals surface area (Å²) >= 11 is 0. The van der Waals surface area contributed by atoms with E-state index in [2.05, 4.69) is 5.43 Å². The Morgan fingerprint density at radius 2 is 1.73 bits per heavy atom. The van der Waals surface area contributed by atoms with Gasteiger partial charge < -0.3 is 19.5 Å². The molecule has 0 aromatic heterocycles. The van der Waals surface area contributed by atoms with E-state index in [1.807, 2.05) is 56.1 Å². The molecule has 3 rings (SSSR count). The minimum atomic E-state index is -0.720. The third-order valence-electron chi connectivity index (χ3n) is 6.44. The van der Waals surface area contributed by atoms with Gasteiger partial charge >= 0.3 is 12.2 Å². The predicted molar refractivity (Wildman–Crippen MR) is 125 cm³/mol. The van der Waals surface area contributed by atoms with E-state index >= 15 is 0 Å². The van der Waals surface area contributed by atoms with E-state index in [1.165, 1.54) is 0 Å². The summed E-state index contributed by atoms with van der Waals surface area (Å²) in [5, 5.41) is 12.9. The number of rotatable bonds is 6. The molecule has 2 N–H and O–H groups in total. The van der Waals surface area contributed by atoms with E-state index < -0.39 is 17.3 Å². The van der Waals surface area contributed by atoms with Crippen LogP contribution >= 0.6 is 0 Å². The van der Waals surface area contributed by atoms with Gasteiger partial charge in [-0.25, -0.2) is 14.6 Å². The summed E-state index contributed by atoms with van der Waals surface area (Å²) in [6, 6.07) is 9.64. The Labute approximate surface area is 197 Å². The molecule has 1 aromatic carbocycles. The molecule has 0 atom stereocenters. The average molecular weight is 462 g/mol. The van der Waals surface area contributed by atoms with E-state index in [1.54, 1.807) is 4.90 Å². The summed E-state index contributed by atoms with van der Waals surface area (Å²) < 4.78 is 10.7. The maximum absolute atomic E-state index is 12.4. The van der Waals surface area contributed by atoms with Crippen molar-refractivity contribution in [3.8, 4) is 0 Å². The Morgan fingerprint density at radius 1 is 1.09 bits per heavy atom. The first kappa shape index (κ1) is 25.3. The molecule has 0 saturated carbocycles. The van der Waals surface area contributed by atoms with Crippen LogP contribution in [0.2, 0.25) is 0 Å². The summed E-state index contributed by atoms with van der Waals surface area (Å²) in [5.74, 6) is 0.527. The number of likely N-dealkylation sites (tertiary alicyclic amines) is 1. The molecule has 33 heavy (non-hydrogen) atoms. The average Bonchev–Trinajstić information content (AvgIpc) is 2.77. The van der Waals surface area contributed by atoms with Crippen LogP contribution in [0.1, 0.15) is 64.9 Å². The summed E-state index contributed by atoms with van der Waals surface area (Å²) in [6.07, 6.45) is 4.07. The van der Waals surface area contributed by atoms with Gasteiger partial charge in [-0.15, -0.1) is 0 Å². The lowest BCUT2D eigenvalue weighted by molar-refractivity contribution is -0.0331. The number of hydrazine groups is 1. The van der Waals surface area contributed by atoms with Crippen LogP contribution in [0, 0.1) is 5.92 Å². The van der Waals surface area contributed by atoms with Crippen molar-refractivity contribution in [3.05, 3.63) is 35.9 Å². The van der Waals surface area contributed by atoms with Crippen LogP contribution in [0.3, 0.4) is 0 Å². The SMILES string of the molecule is CC(C)(C)OC(=O)NN1CCC(CCC2(O)CCN(C(=O)OCc3ccccc3)CC2)CC1. The lowest BCUT2D eigenvalue weighted by Gasteiger charge is -2.39. The Bertz CT molecular complexity index is 764. The topological polar surface area (TPSA) is 91.3 Å². The molecule has 184 valence electrons.